The smallest absolute Gasteiger partial charge is 0.187 e. The molecule has 13 N–H and O–H groups in total. The van der Waals surface area contributed by atoms with Crippen LogP contribution >= 0.6 is 0 Å². The zero-order valence-corrected chi connectivity index (χ0v) is 43.8. The van der Waals surface area contributed by atoms with Gasteiger partial charge in [-0.3, -0.25) is 0 Å². The summed E-state index contributed by atoms with van der Waals surface area (Å²) in [7, 11) is 1.71. The Labute approximate surface area is 437 Å². The lowest BCUT2D eigenvalue weighted by atomic mass is 9.47. The molecule has 23 heteroatoms. The SMILES string of the molecule is COC1(CCC(C)COC2OC(CO)C(O)C(O)C2O)O[C@H]2C[C@H]3[C@@H]4CC=C5CC(OC6OC(CO)C(O)C(OC7OC(CO)C(O)C(O)C7O)C6OC6OC(C)C(O)C(O)C6O)CC[C@]5(C)[C@H]4CC[C@]3(C)[C@H]2[C@@H]1C. The van der Waals surface area contributed by atoms with Gasteiger partial charge >= 0.3 is 0 Å². The molecule has 5 heterocycles. The van der Waals surface area contributed by atoms with Gasteiger partial charge in [0.25, 0.3) is 0 Å². The second kappa shape index (κ2) is 23.0. The summed E-state index contributed by atoms with van der Waals surface area (Å²) in [5.74, 6) is 0.765. The normalized spacial score (nSPS) is 54.3. The fourth-order valence-electron chi connectivity index (χ4n) is 15.3. The molecule has 0 bridgehead atoms. The summed E-state index contributed by atoms with van der Waals surface area (Å²) >= 11 is 0. The van der Waals surface area contributed by atoms with E-state index in [2.05, 4.69) is 26.8 Å². The molecule has 0 aromatic carbocycles. The van der Waals surface area contributed by atoms with E-state index in [9.17, 15) is 66.4 Å². The minimum atomic E-state index is -1.88. The number of hydrogen-bond acceptors (Lipinski definition) is 23. The van der Waals surface area contributed by atoms with E-state index in [1.165, 1.54) is 12.5 Å². The molecule has 0 aromatic rings. The average molecular weight is 1080 g/mol. The van der Waals surface area contributed by atoms with Crippen LogP contribution in [0.25, 0.3) is 0 Å². The zero-order chi connectivity index (χ0) is 54.2. The van der Waals surface area contributed by atoms with Crippen LogP contribution < -0.4 is 0 Å². The van der Waals surface area contributed by atoms with Gasteiger partial charge in [0, 0.05) is 19.4 Å². The van der Waals surface area contributed by atoms with Gasteiger partial charge in [-0.1, -0.05) is 39.3 Å². The molecule has 0 spiro atoms. The van der Waals surface area contributed by atoms with Crippen LogP contribution in [0.2, 0.25) is 0 Å². The van der Waals surface area contributed by atoms with Gasteiger partial charge in [-0.15, -0.1) is 0 Å². The van der Waals surface area contributed by atoms with E-state index in [1.807, 2.05) is 6.92 Å². The summed E-state index contributed by atoms with van der Waals surface area (Å²) in [6, 6.07) is 0. The maximum absolute atomic E-state index is 11.6. The van der Waals surface area contributed by atoms with Crippen molar-refractivity contribution >= 4 is 0 Å². The van der Waals surface area contributed by atoms with Crippen molar-refractivity contribution in [2.45, 2.75) is 233 Å². The predicted molar refractivity (Wildman–Crippen MR) is 255 cm³/mol. The van der Waals surface area contributed by atoms with Crippen molar-refractivity contribution in [2.24, 2.45) is 46.3 Å². The fraction of sp³-hybridized carbons (Fsp3) is 0.962. The third-order valence-corrected chi connectivity index (χ3v) is 19.8. The number of rotatable bonds is 16. The summed E-state index contributed by atoms with van der Waals surface area (Å²) in [5, 5.41) is 137. The van der Waals surface area contributed by atoms with E-state index in [1.54, 1.807) is 7.11 Å². The number of methoxy groups -OCH3 is 1. The molecular weight excluding hydrogens is 993 g/mol. The van der Waals surface area contributed by atoms with E-state index >= 15 is 0 Å². The summed E-state index contributed by atoms with van der Waals surface area (Å²) in [4.78, 5) is 0. The van der Waals surface area contributed by atoms with Gasteiger partial charge in [-0.25, -0.2) is 0 Å². The molecule has 23 nitrogen and oxygen atoms in total. The Balaban J connectivity index is 0.871. The van der Waals surface area contributed by atoms with E-state index < -0.39 is 155 Å². The maximum atomic E-state index is 11.6. The number of hydrogen-bond donors (Lipinski definition) is 13. The van der Waals surface area contributed by atoms with Gasteiger partial charge < -0.3 is 114 Å². The Morgan fingerprint density at radius 2 is 1.21 bits per heavy atom. The quantitative estimate of drug-likeness (QED) is 0.0720. The third-order valence-electron chi connectivity index (χ3n) is 19.8. The molecule has 9 aliphatic rings. The first-order chi connectivity index (χ1) is 35.6. The Morgan fingerprint density at radius 3 is 1.85 bits per heavy atom. The molecule has 0 amide bonds. The summed E-state index contributed by atoms with van der Waals surface area (Å²) in [6.07, 6.45) is -21.5. The van der Waals surface area contributed by atoms with Gasteiger partial charge in [0.05, 0.1) is 44.7 Å². The Kier molecular flexibility index (Phi) is 17.9. The number of fused-ring (bicyclic) bond motifs is 7. The van der Waals surface area contributed by atoms with Gasteiger partial charge in [0.2, 0.25) is 0 Å². The van der Waals surface area contributed by atoms with E-state index in [0.717, 1.165) is 32.1 Å². The van der Waals surface area contributed by atoms with Crippen molar-refractivity contribution in [3.63, 3.8) is 0 Å². The topological polar surface area (TPSA) is 355 Å². The predicted octanol–water partition coefficient (Wildman–Crippen LogP) is -2.35. The van der Waals surface area contributed by atoms with Crippen molar-refractivity contribution in [3.8, 4) is 0 Å². The van der Waals surface area contributed by atoms with Crippen LogP contribution in [0.3, 0.4) is 0 Å². The largest absolute Gasteiger partial charge is 0.394 e. The molecule has 8 fully saturated rings. The van der Waals surface area contributed by atoms with Crippen LogP contribution in [0, 0.1) is 46.3 Å². The van der Waals surface area contributed by atoms with Crippen molar-refractivity contribution in [1.82, 2.24) is 0 Å². The van der Waals surface area contributed by atoms with Gasteiger partial charge in [0.15, 0.2) is 30.9 Å². The van der Waals surface area contributed by atoms with E-state index in [0.29, 0.717) is 43.4 Å². The first kappa shape index (κ1) is 58.5. The van der Waals surface area contributed by atoms with Crippen LogP contribution in [0.15, 0.2) is 11.6 Å². The van der Waals surface area contributed by atoms with E-state index in [-0.39, 0.29) is 41.3 Å². The van der Waals surface area contributed by atoms with Gasteiger partial charge in [-0.05, 0) is 98.7 Å². The summed E-state index contributed by atoms with van der Waals surface area (Å²) < 4.78 is 61.6. The molecule has 9 rings (SSSR count). The van der Waals surface area contributed by atoms with Gasteiger partial charge in [-0.2, -0.15) is 0 Å². The Hall–Kier alpha value is -1.18. The first-order valence-corrected chi connectivity index (χ1v) is 27.3. The first-order valence-electron chi connectivity index (χ1n) is 27.3. The molecule has 5 aliphatic heterocycles. The zero-order valence-electron chi connectivity index (χ0n) is 43.8. The van der Waals surface area contributed by atoms with Crippen LogP contribution in [0.4, 0.5) is 0 Å². The highest BCUT2D eigenvalue weighted by Crippen LogP contribution is 2.70. The Bertz CT molecular complexity index is 1930. The lowest BCUT2D eigenvalue weighted by Gasteiger charge is -2.58. The van der Waals surface area contributed by atoms with Crippen LogP contribution in [0.5, 0.6) is 0 Å². The lowest BCUT2D eigenvalue weighted by Crippen LogP contribution is -2.67. The number of aliphatic hydroxyl groups excluding tert-OH is 13. The minimum Gasteiger partial charge on any atom is -0.394 e. The standard InChI is InChI=1S/C52H86O23/c1-21(20-67-46-41(63)39(61)35(57)30(17-53)70-46)9-14-52(66-6)22(2)33-29(75-52)16-28-26-8-7-24-15-25(10-12-50(24,4)27(26)11-13-51(28,33)5)69-49-45(74-47-42(64)38(60)34(56)23(3)68-47)44(37(59)32(19-55)72-49)73-48-43(65)40(62)36(58)31(18-54)71-48/h7,21-23,25-49,53-65H,8-20H2,1-6H3/t21?,22-,23?,25?,26+,27-,28-,29-,30?,31?,32?,33-,34?,35?,36?,37?,38?,39?,40?,41?,42?,43?,44?,45?,46?,47?,48?,49?,50-,51-,52?/m0/s1. The summed E-state index contributed by atoms with van der Waals surface area (Å²) in [5.41, 5.74) is 1.11. The molecule has 0 aromatic heterocycles. The van der Waals surface area contributed by atoms with E-state index in [4.69, 9.17) is 47.4 Å². The van der Waals surface area contributed by atoms with Gasteiger partial charge in [0.1, 0.15) is 91.6 Å². The average Bonchev–Trinajstić information content (AvgIpc) is 3.92. The minimum absolute atomic E-state index is 0.00228. The Morgan fingerprint density at radius 1 is 0.640 bits per heavy atom. The molecule has 23 unspecified atom stereocenters. The van der Waals surface area contributed by atoms with Crippen molar-refractivity contribution in [3.05, 3.63) is 11.6 Å². The van der Waals surface area contributed by atoms with Crippen molar-refractivity contribution in [2.75, 3.05) is 33.5 Å². The molecule has 5 saturated heterocycles. The number of aliphatic hydroxyl groups is 13. The van der Waals surface area contributed by atoms with Crippen molar-refractivity contribution < 1.29 is 114 Å². The molecule has 0 radical (unpaired) electrons. The van der Waals surface area contributed by atoms with Crippen molar-refractivity contribution in [1.29, 1.82) is 0 Å². The molecular formula is C52H86O23. The monoisotopic (exact) mass is 1080 g/mol. The lowest BCUT2D eigenvalue weighted by molar-refractivity contribution is -0.394. The second-order valence-corrected chi connectivity index (χ2v) is 24.0. The maximum Gasteiger partial charge on any atom is 0.187 e. The highest BCUT2D eigenvalue weighted by molar-refractivity contribution is 5.26. The van der Waals surface area contributed by atoms with Crippen LogP contribution in [0.1, 0.15) is 92.4 Å². The molecule has 31 atom stereocenters. The molecule has 75 heavy (non-hydrogen) atoms. The molecule has 432 valence electrons. The number of allylic oxidation sites excluding steroid dienone is 1. The highest BCUT2D eigenvalue weighted by Gasteiger charge is 2.68. The fourth-order valence-corrected chi connectivity index (χ4v) is 15.3. The third kappa shape index (κ3) is 10.5. The number of ether oxygens (including phenoxy) is 10. The molecule has 4 aliphatic carbocycles. The van der Waals surface area contributed by atoms with Crippen LogP contribution in [-0.4, -0.2) is 241 Å². The summed E-state index contributed by atoms with van der Waals surface area (Å²) in [6.45, 7) is 8.74. The molecule has 3 saturated carbocycles. The second-order valence-electron chi connectivity index (χ2n) is 24.0. The highest BCUT2D eigenvalue weighted by atomic mass is 16.8. The van der Waals surface area contributed by atoms with Crippen LogP contribution in [-0.2, 0) is 47.4 Å².